The number of carbonyl (C=O) groups is 1. The summed E-state index contributed by atoms with van der Waals surface area (Å²) in [6, 6.07) is 1.84. The molecule has 0 fully saturated rings. The smallest absolute Gasteiger partial charge is 0.175 e. The van der Waals surface area contributed by atoms with Crippen LogP contribution in [0.3, 0.4) is 0 Å². The molecule has 2 heteroatoms. The van der Waals surface area contributed by atoms with Gasteiger partial charge in [-0.05, 0) is 6.92 Å². The summed E-state index contributed by atoms with van der Waals surface area (Å²) in [4.78, 5) is 11.0. The molecule has 0 aliphatic carbocycles. The van der Waals surface area contributed by atoms with Crippen LogP contribution in [-0.2, 0) is 4.79 Å². The molecule has 0 N–H and O–H groups in total. The maximum atomic E-state index is 11.0. The molecule has 10 heavy (non-hydrogen) atoms. The molecule has 0 rings (SSSR count). The molecule has 0 saturated carbocycles. The normalized spacial score (nSPS) is 11.3. The minimum Gasteiger partial charge on any atom is -0.293 e. The first-order valence-electron chi connectivity index (χ1n) is 3.24. The first-order valence-corrected chi connectivity index (χ1v) is 3.24. The molecule has 0 heterocycles. The average Bonchev–Trinajstić information content (AvgIpc) is 1.90. The van der Waals surface area contributed by atoms with Gasteiger partial charge in [0.15, 0.2) is 5.78 Å². The Morgan fingerprint density at radius 1 is 1.60 bits per heavy atom. The number of nitriles is 1. The highest BCUT2D eigenvalue weighted by atomic mass is 16.1. The maximum absolute atomic E-state index is 11.0. The van der Waals surface area contributed by atoms with Gasteiger partial charge in [0.2, 0.25) is 0 Å². The van der Waals surface area contributed by atoms with Gasteiger partial charge in [-0.2, -0.15) is 5.26 Å². The van der Waals surface area contributed by atoms with Crippen molar-refractivity contribution in [2.24, 2.45) is 5.92 Å². The lowest BCUT2D eigenvalue weighted by atomic mass is 10.0. The highest BCUT2D eigenvalue weighted by molar-refractivity contribution is 6.00. The lowest BCUT2D eigenvalue weighted by molar-refractivity contribution is -0.117. The van der Waals surface area contributed by atoms with Crippen LogP contribution >= 0.6 is 0 Å². The lowest BCUT2D eigenvalue weighted by Crippen LogP contribution is -2.08. The summed E-state index contributed by atoms with van der Waals surface area (Å²) in [5, 5.41) is 8.41. The molecule has 0 unspecified atom stereocenters. The third-order valence-electron chi connectivity index (χ3n) is 1.20. The molecule has 0 aliphatic rings. The molecule has 0 aliphatic heterocycles. The fraction of sp³-hybridized carbons (Fsp3) is 0.500. The van der Waals surface area contributed by atoms with Crippen LogP contribution in [-0.4, -0.2) is 5.78 Å². The molecule has 0 amide bonds. The van der Waals surface area contributed by atoms with E-state index < -0.39 is 0 Å². The standard InChI is InChI=1S/C8H11NO/c1-4-7(5-9)8(10)6(2)3/h4,6H,1-3H3/b7-4-. The Morgan fingerprint density at radius 2 is 2.10 bits per heavy atom. The van der Waals surface area contributed by atoms with E-state index in [9.17, 15) is 4.79 Å². The Balaban J connectivity index is 4.38. The molecule has 0 aromatic rings. The van der Waals surface area contributed by atoms with Crippen molar-refractivity contribution >= 4 is 5.78 Å². The summed E-state index contributed by atoms with van der Waals surface area (Å²) in [7, 11) is 0. The summed E-state index contributed by atoms with van der Waals surface area (Å²) < 4.78 is 0. The lowest BCUT2D eigenvalue weighted by Gasteiger charge is -1.99. The van der Waals surface area contributed by atoms with E-state index >= 15 is 0 Å². The van der Waals surface area contributed by atoms with Crippen LogP contribution in [0.5, 0.6) is 0 Å². The Kier molecular flexibility index (Phi) is 3.42. The summed E-state index contributed by atoms with van der Waals surface area (Å²) in [5.74, 6) is -0.157. The summed E-state index contributed by atoms with van der Waals surface area (Å²) in [6.07, 6.45) is 1.54. The number of allylic oxidation sites excluding steroid dienone is 2. The van der Waals surface area contributed by atoms with Crippen molar-refractivity contribution in [1.29, 1.82) is 5.26 Å². The fourth-order valence-corrected chi connectivity index (χ4v) is 0.573. The number of Topliss-reactive ketones (excluding diaryl/α,β-unsaturated/α-hetero) is 1. The predicted octanol–water partition coefficient (Wildman–Crippen LogP) is 1.68. The molecule has 0 saturated heterocycles. The highest BCUT2D eigenvalue weighted by Crippen LogP contribution is 2.03. The van der Waals surface area contributed by atoms with E-state index in [1.165, 1.54) is 0 Å². The minimum absolute atomic E-state index is 0.0779. The van der Waals surface area contributed by atoms with E-state index in [2.05, 4.69) is 0 Å². The van der Waals surface area contributed by atoms with Gasteiger partial charge in [0, 0.05) is 5.92 Å². The molecule has 0 atom stereocenters. The van der Waals surface area contributed by atoms with Gasteiger partial charge in [0.05, 0.1) is 5.57 Å². The van der Waals surface area contributed by atoms with E-state index in [0.29, 0.717) is 0 Å². The minimum atomic E-state index is -0.0787. The molecule has 0 spiro atoms. The van der Waals surface area contributed by atoms with Crippen molar-refractivity contribution in [3.63, 3.8) is 0 Å². The largest absolute Gasteiger partial charge is 0.293 e. The van der Waals surface area contributed by atoms with Gasteiger partial charge in [-0.25, -0.2) is 0 Å². The van der Waals surface area contributed by atoms with Gasteiger partial charge < -0.3 is 0 Å². The Hall–Kier alpha value is -1.10. The van der Waals surface area contributed by atoms with Gasteiger partial charge in [-0.1, -0.05) is 19.9 Å². The average molecular weight is 137 g/mol. The van der Waals surface area contributed by atoms with Crippen LogP contribution in [0.1, 0.15) is 20.8 Å². The third-order valence-corrected chi connectivity index (χ3v) is 1.20. The van der Waals surface area contributed by atoms with Crippen molar-refractivity contribution in [2.75, 3.05) is 0 Å². The second-order valence-corrected chi connectivity index (χ2v) is 2.33. The zero-order valence-electron chi connectivity index (χ0n) is 6.51. The summed E-state index contributed by atoms with van der Waals surface area (Å²) in [6.45, 7) is 5.26. The quantitative estimate of drug-likeness (QED) is 0.429. The van der Waals surface area contributed by atoms with Crippen LogP contribution in [0.25, 0.3) is 0 Å². The first-order chi connectivity index (χ1) is 4.63. The first kappa shape index (κ1) is 8.90. The molecular weight excluding hydrogens is 126 g/mol. The van der Waals surface area contributed by atoms with Gasteiger partial charge in [0.1, 0.15) is 6.07 Å². The molecule has 2 nitrogen and oxygen atoms in total. The predicted molar refractivity (Wildman–Crippen MR) is 39.2 cm³/mol. The summed E-state index contributed by atoms with van der Waals surface area (Å²) >= 11 is 0. The van der Waals surface area contributed by atoms with Gasteiger partial charge in [-0.15, -0.1) is 0 Å². The zero-order chi connectivity index (χ0) is 8.15. The zero-order valence-corrected chi connectivity index (χ0v) is 6.51. The van der Waals surface area contributed by atoms with Crippen molar-refractivity contribution in [2.45, 2.75) is 20.8 Å². The Morgan fingerprint density at radius 3 is 2.20 bits per heavy atom. The Bertz CT molecular complexity index is 196. The van der Waals surface area contributed by atoms with Crippen LogP contribution < -0.4 is 0 Å². The van der Waals surface area contributed by atoms with E-state index in [1.807, 2.05) is 6.07 Å². The number of nitrogens with zero attached hydrogens (tertiary/aromatic N) is 1. The van der Waals surface area contributed by atoms with Crippen molar-refractivity contribution in [1.82, 2.24) is 0 Å². The van der Waals surface area contributed by atoms with Gasteiger partial charge >= 0.3 is 0 Å². The van der Waals surface area contributed by atoms with Crippen molar-refractivity contribution in [3.8, 4) is 6.07 Å². The number of rotatable bonds is 2. The van der Waals surface area contributed by atoms with Crippen LogP contribution in [0, 0.1) is 17.2 Å². The SMILES string of the molecule is C/C=C(/C#N)C(=O)C(C)C. The molecule has 54 valence electrons. The van der Waals surface area contributed by atoms with Crippen molar-refractivity contribution < 1.29 is 4.79 Å². The van der Waals surface area contributed by atoms with E-state index in [1.54, 1.807) is 26.8 Å². The number of ketones is 1. The summed E-state index contributed by atoms with van der Waals surface area (Å²) in [5.41, 5.74) is 0.259. The van der Waals surface area contributed by atoms with Crippen LogP contribution in [0.2, 0.25) is 0 Å². The second kappa shape index (κ2) is 3.84. The second-order valence-electron chi connectivity index (χ2n) is 2.33. The highest BCUT2D eigenvalue weighted by Gasteiger charge is 2.10. The van der Waals surface area contributed by atoms with Crippen LogP contribution in [0.4, 0.5) is 0 Å². The topological polar surface area (TPSA) is 40.9 Å². The van der Waals surface area contributed by atoms with Gasteiger partial charge in [-0.3, -0.25) is 4.79 Å². The Labute approximate surface area is 61.2 Å². The van der Waals surface area contributed by atoms with E-state index in [0.717, 1.165) is 0 Å². The van der Waals surface area contributed by atoms with Crippen molar-refractivity contribution in [3.05, 3.63) is 11.6 Å². The van der Waals surface area contributed by atoms with Crippen LogP contribution in [0.15, 0.2) is 11.6 Å². The molecule has 0 radical (unpaired) electrons. The van der Waals surface area contributed by atoms with E-state index in [4.69, 9.17) is 5.26 Å². The monoisotopic (exact) mass is 137 g/mol. The van der Waals surface area contributed by atoms with E-state index in [-0.39, 0.29) is 17.3 Å². The molecule has 0 aromatic heterocycles. The van der Waals surface area contributed by atoms with Gasteiger partial charge in [0.25, 0.3) is 0 Å². The number of carbonyl (C=O) groups excluding carboxylic acids is 1. The molecule has 0 bridgehead atoms. The number of hydrogen-bond acceptors (Lipinski definition) is 2. The maximum Gasteiger partial charge on any atom is 0.175 e. The molecular formula is C8H11NO. The fourth-order valence-electron chi connectivity index (χ4n) is 0.573. The molecule has 0 aromatic carbocycles. The third kappa shape index (κ3) is 2.02. The number of hydrogen-bond donors (Lipinski definition) is 0.